The van der Waals surface area contributed by atoms with Gasteiger partial charge in [-0.3, -0.25) is 0 Å². The molecule has 2 aromatic heterocycles. The van der Waals surface area contributed by atoms with Gasteiger partial charge >= 0.3 is 0 Å². The van der Waals surface area contributed by atoms with Crippen LogP contribution in [0.1, 0.15) is 11.3 Å². The van der Waals surface area contributed by atoms with Gasteiger partial charge in [-0.05, 0) is 0 Å². The molecular formula is C9H9N5S2. The summed E-state index contributed by atoms with van der Waals surface area (Å²) in [5, 5.41) is 1.93. The molecule has 0 fully saturated rings. The van der Waals surface area contributed by atoms with Crippen molar-refractivity contribution in [1.82, 2.24) is 15.0 Å². The minimum Gasteiger partial charge on any atom is -0.308 e. The molecule has 7 heteroatoms. The van der Waals surface area contributed by atoms with Crippen molar-refractivity contribution in [3.8, 4) is 11.5 Å². The van der Waals surface area contributed by atoms with E-state index in [1.165, 1.54) is 11.3 Å². The van der Waals surface area contributed by atoms with E-state index in [0.717, 1.165) is 34.3 Å². The molecule has 2 aromatic rings. The van der Waals surface area contributed by atoms with Gasteiger partial charge in [-0.2, -0.15) is 11.8 Å². The minimum atomic E-state index is 0.649. The third kappa shape index (κ3) is 1.57. The van der Waals surface area contributed by atoms with Crippen LogP contribution in [0.4, 0.5) is 5.82 Å². The van der Waals surface area contributed by atoms with Crippen LogP contribution in [0.3, 0.4) is 0 Å². The average molecular weight is 251 g/mol. The molecule has 0 radical (unpaired) electrons. The summed E-state index contributed by atoms with van der Waals surface area (Å²) >= 11 is 3.36. The summed E-state index contributed by atoms with van der Waals surface area (Å²) in [7, 11) is 0. The van der Waals surface area contributed by atoms with Gasteiger partial charge in [0, 0.05) is 22.4 Å². The van der Waals surface area contributed by atoms with Crippen LogP contribution in [-0.4, -0.2) is 15.0 Å². The van der Waals surface area contributed by atoms with Gasteiger partial charge < -0.3 is 5.43 Å². The van der Waals surface area contributed by atoms with E-state index in [1.807, 2.05) is 17.1 Å². The lowest BCUT2D eigenvalue weighted by molar-refractivity contribution is 1.05. The van der Waals surface area contributed by atoms with Crippen molar-refractivity contribution in [2.24, 2.45) is 5.84 Å². The summed E-state index contributed by atoms with van der Waals surface area (Å²) in [4.78, 5) is 13.1. The first-order chi connectivity index (χ1) is 7.88. The maximum absolute atomic E-state index is 5.48. The molecule has 1 aliphatic heterocycles. The largest absolute Gasteiger partial charge is 0.308 e. The van der Waals surface area contributed by atoms with Crippen molar-refractivity contribution in [2.45, 2.75) is 11.5 Å². The highest BCUT2D eigenvalue weighted by Gasteiger charge is 2.20. The molecule has 0 amide bonds. The first kappa shape index (κ1) is 10.0. The number of nitrogens with one attached hydrogen (secondary N) is 1. The number of aromatic nitrogens is 3. The first-order valence-electron chi connectivity index (χ1n) is 4.71. The van der Waals surface area contributed by atoms with Crippen LogP contribution in [-0.2, 0) is 11.5 Å². The van der Waals surface area contributed by atoms with Crippen molar-refractivity contribution >= 4 is 28.9 Å². The molecule has 0 bridgehead atoms. The molecule has 0 atom stereocenters. The van der Waals surface area contributed by atoms with Crippen LogP contribution in [0.2, 0.25) is 0 Å². The van der Waals surface area contributed by atoms with Crippen molar-refractivity contribution in [2.75, 3.05) is 5.43 Å². The van der Waals surface area contributed by atoms with E-state index >= 15 is 0 Å². The molecule has 0 aliphatic carbocycles. The topological polar surface area (TPSA) is 76.7 Å². The molecule has 16 heavy (non-hydrogen) atoms. The average Bonchev–Trinajstić information content (AvgIpc) is 2.97. The van der Waals surface area contributed by atoms with Gasteiger partial charge in [-0.25, -0.2) is 20.8 Å². The number of hydrazine groups is 1. The predicted octanol–water partition coefficient (Wildman–Crippen LogP) is 1.63. The van der Waals surface area contributed by atoms with Gasteiger partial charge in [0.25, 0.3) is 0 Å². The van der Waals surface area contributed by atoms with E-state index in [2.05, 4.69) is 20.4 Å². The molecule has 3 rings (SSSR count). The zero-order chi connectivity index (χ0) is 11.0. The second-order valence-corrected chi connectivity index (χ2v) is 5.04. The Balaban J connectivity index is 2.15. The highest BCUT2D eigenvalue weighted by Crippen LogP contribution is 2.33. The SMILES string of the molecule is NNc1nc(-c2cscn2)nc2c1CSC2. The maximum Gasteiger partial charge on any atom is 0.181 e. The van der Waals surface area contributed by atoms with E-state index in [1.54, 1.807) is 5.51 Å². The molecule has 0 unspecified atom stereocenters. The Kier molecular flexibility index (Phi) is 2.50. The van der Waals surface area contributed by atoms with Gasteiger partial charge in [-0.1, -0.05) is 0 Å². The Morgan fingerprint density at radius 2 is 2.25 bits per heavy atom. The molecular weight excluding hydrogens is 242 g/mol. The third-order valence-corrected chi connectivity index (χ3v) is 3.93. The van der Waals surface area contributed by atoms with Gasteiger partial charge in [0.1, 0.15) is 11.5 Å². The molecule has 3 N–H and O–H groups in total. The van der Waals surface area contributed by atoms with E-state index in [-0.39, 0.29) is 0 Å². The fraction of sp³-hybridized carbons (Fsp3) is 0.222. The monoisotopic (exact) mass is 251 g/mol. The van der Waals surface area contributed by atoms with Crippen LogP contribution in [0.15, 0.2) is 10.9 Å². The summed E-state index contributed by atoms with van der Waals surface area (Å²) in [5.74, 6) is 8.69. The highest BCUT2D eigenvalue weighted by atomic mass is 32.2. The van der Waals surface area contributed by atoms with Crippen molar-refractivity contribution in [3.05, 3.63) is 22.1 Å². The smallest absolute Gasteiger partial charge is 0.181 e. The first-order valence-corrected chi connectivity index (χ1v) is 6.81. The van der Waals surface area contributed by atoms with Crippen LogP contribution in [0.25, 0.3) is 11.5 Å². The number of thioether (sulfide) groups is 1. The van der Waals surface area contributed by atoms with Crippen molar-refractivity contribution in [1.29, 1.82) is 0 Å². The van der Waals surface area contributed by atoms with E-state index in [0.29, 0.717) is 5.82 Å². The number of hydrogen-bond donors (Lipinski definition) is 2. The normalized spacial score (nSPS) is 13.8. The molecule has 0 saturated heterocycles. The summed E-state index contributed by atoms with van der Waals surface area (Å²) in [6.07, 6.45) is 0. The molecule has 3 heterocycles. The molecule has 0 saturated carbocycles. The molecule has 0 aromatic carbocycles. The Hall–Kier alpha value is -1.18. The van der Waals surface area contributed by atoms with Crippen LogP contribution >= 0.6 is 23.1 Å². The molecule has 82 valence electrons. The summed E-state index contributed by atoms with van der Waals surface area (Å²) in [6, 6.07) is 0. The summed E-state index contributed by atoms with van der Waals surface area (Å²) in [5.41, 5.74) is 7.40. The quantitative estimate of drug-likeness (QED) is 0.624. The van der Waals surface area contributed by atoms with Crippen LogP contribution in [0, 0.1) is 0 Å². The van der Waals surface area contributed by atoms with E-state index in [4.69, 9.17) is 5.84 Å². The number of nitrogens with zero attached hydrogens (tertiary/aromatic N) is 3. The fourth-order valence-electron chi connectivity index (χ4n) is 1.61. The Bertz CT molecular complexity index is 511. The Morgan fingerprint density at radius 3 is 3.00 bits per heavy atom. The van der Waals surface area contributed by atoms with E-state index < -0.39 is 0 Å². The number of nitrogen functional groups attached to an aromatic ring is 1. The van der Waals surface area contributed by atoms with Gasteiger partial charge in [-0.15, -0.1) is 11.3 Å². The highest BCUT2D eigenvalue weighted by molar-refractivity contribution is 7.98. The van der Waals surface area contributed by atoms with Gasteiger partial charge in [0.05, 0.1) is 11.2 Å². The van der Waals surface area contributed by atoms with Crippen LogP contribution < -0.4 is 11.3 Å². The lowest BCUT2D eigenvalue weighted by atomic mass is 10.2. The number of anilines is 1. The molecule has 0 spiro atoms. The van der Waals surface area contributed by atoms with Crippen LogP contribution in [0.5, 0.6) is 0 Å². The third-order valence-electron chi connectivity index (χ3n) is 2.38. The predicted molar refractivity (Wildman–Crippen MR) is 65.9 cm³/mol. The number of fused-ring (bicyclic) bond motifs is 1. The number of rotatable bonds is 2. The zero-order valence-electron chi connectivity index (χ0n) is 8.30. The zero-order valence-corrected chi connectivity index (χ0v) is 9.94. The molecule has 1 aliphatic rings. The second-order valence-electron chi connectivity index (χ2n) is 3.33. The second kappa shape index (κ2) is 4.00. The number of thiazole rings is 1. The Morgan fingerprint density at radius 1 is 1.31 bits per heavy atom. The fourth-order valence-corrected chi connectivity index (χ4v) is 3.18. The minimum absolute atomic E-state index is 0.649. The number of nitrogens with two attached hydrogens (primary N) is 1. The lowest BCUT2D eigenvalue weighted by Gasteiger charge is -2.07. The lowest BCUT2D eigenvalue weighted by Crippen LogP contribution is -2.12. The summed E-state index contributed by atoms with van der Waals surface area (Å²) in [6.45, 7) is 0. The number of hydrogen-bond acceptors (Lipinski definition) is 7. The molecule has 5 nitrogen and oxygen atoms in total. The van der Waals surface area contributed by atoms with Gasteiger partial charge in [0.2, 0.25) is 0 Å². The van der Waals surface area contributed by atoms with E-state index in [9.17, 15) is 0 Å². The Labute approximate surface area is 100 Å². The standard InChI is InChI=1S/C9H9N5S2/c10-14-8-5-1-15-2-6(5)12-9(13-8)7-3-16-4-11-7/h3-4H,1-2,10H2,(H,12,13,14). The van der Waals surface area contributed by atoms with Gasteiger partial charge in [0.15, 0.2) is 5.82 Å². The van der Waals surface area contributed by atoms with Crippen molar-refractivity contribution in [3.63, 3.8) is 0 Å². The maximum atomic E-state index is 5.48. The summed E-state index contributed by atoms with van der Waals surface area (Å²) < 4.78 is 0. The van der Waals surface area contributed by atoms with Crippen molar-refractivity contribution < 1.29 is 0 Å².